The molecular weight excluding hydrogens is 281 g/mol. The standard InChI is InChI=1S/C7H10O7P2.Na/c8-7(15(9,10)11)16(12,13)14-6-4-2-1-3-5-6;/h1-5,7-8H,(H,12,13)(H2,9,10,11);/q;+1/p-1. The maximum absolute atomic E-state index is 11.2. The fraction of sp³-hybridized carbons (Fsp3) is 0.143. The summed E-state index contributed by atoms with van der Waals surface area (Å²) in [4.78, 5) is 28.2. The van der Waals surface area contributed by atoms with Gasteiger partial charge in [-0.25, -0.2) is 0 Å². The van der Waals surface area contributed by atoms with Gasteiger partial charge in [-0.1, -0.05) is 18.2 Å². The summed E-state index contributed by atoms with van der Waals surface area (Å²) in [6.07, 6.45) is 0. The molecule has 0 saturated carbocycles. The Morgan fingerprint density at radius 2 is 1.65 bits per heavy atom. The Labute approximate surface area is 119 Å². The molecule has 0 aromatic heterocycles. The van der Waals surface area contributed by atoms with E-state index in [1.807, 2.05) is 0 Å². The fourth-order valence-corrected chi connectivity index (χ4v) is 2.98. The Bertz CT molecular complexity index is 445. The van der Waals surface area contributed by atoms with Crippen molar-refractivity contribution in [2.24, 2.45) is 0 Å². The molecule has 0 saturated heterocycles. The average Bonchev–Trinajstić information content (AvgIpc) is 2.16. The third kappa shape index (κ3) is 5.22. The minimum Gasteiger partial charge on any atom is -0.767 e. The summed E-state index contributed by atoms with van der Waals surface area (Å²) in [5.41, 5.74) is -2.86. The van der Waals surface area contributed by atoms with E-state index in [9.17, 15) is 14.0 Å². The second-order valence-corrected chi connectivity index (χ2v) is 6.71. The average molecular weight is 290 g/mol. The summed E-state index contributed by atoms with van der Waals surface area (Å²) in [6, 6.07) is 7.09. The minimum atomic E-state index is -5.16. The summed E-state index contributed by atoms with van der Waals surface area (Å²) >= 11 is 0. The van der Waals surface area contributed by atoms with Crippen molar-refractivity contribution in [3.63, 3.8) is 0 Å². The maximum Gasteiger partial charge on any atom is 1.00 e. The summed E-state index contributed by atoms with van der Waals surface area (Å²) < 4.78 is 26.1. The third-order valence-electron chi connectivity index (χ3n) is 1.56. The number of para-hydroxylation sites is 1. The number of hydrogen-bond donors (Lipinski definition) is 3. The van der Waals surface area contributed by atoms with Crippen molar-refractivity contribution in [3.05, 3.63) is 30.3 Å². The number of benzene rings is 1. The van der Waals surface area contributed by atoms with Crippen LogP contribution in [0.25, 0.3) is 0 Å². The van der Waals surface area contributed by atoms with Crippen LogP contribution in [0.4, 0.5) is 0 Å². The maximum atomic E-state index is 11.2. The van der Waals surface area contributed by atoms with Crippen molar-refractivity contribution < 1.29 is 63.0 Å². The molecule has 0 heterocycles. The fourth-order valence-electron chi connectivity index (χ4n) is 0.860. The number of aliphatic hydroxyl groups is 1. The summed E-state index contributed by atoms with van der Waals surface area (Å²) in [5.74, 6) is -0.131. The van der Waals surface area contributed by atoms with Gasteiger partial charge in [-0.05, 0) is 12.1 Å². The van der Waals surface area contributed by atoms with Gasteiger partial charge in [0, 0.05) is 0 Å². The Morgan fingerprint density at radius 3 is 2.06 bits per heavy atom. The van der Waals surface area contributed by atoms with Gasteiger partial charge < -0.3 is 24.3 Å². The van der Waals surface area contributed by atoms with Crippen LogP contribution in [0.2, 0.25) is 0 Å². The molecule has 2 unspecified atom stereocenters. The first-order valence-electron chi connectivity index (χ1n) is 4.02. The Balaban J connectivity index is 0.00000256. The van der Waals surface area contributed by atoms with Crippen molar-refractivity contribution in [1.82, 2.24) is 0 Å². The summed E-state index contributed by atoms with van der Waals surface area (Å²) in [7, 11) is -10.2. The minimum absolute atomic E-state index is 0. The van der Waals surface area contributed by atoms with Crippen LogP contribution in [0.3, 0.4) is 0 Å². The molecule has 0 aliphatic heterocycles. The zero-order valence-corrected chi connectivity index (χ0v) is 12.6. The predicted octanol–water partition coefficient (Wildman–Crippen LogP) is -2.92. The van der Waals surface area contributed by atoms with Gasteiger partial charge in [0.1, 0.15) is 5.75 Å². The molecule has 0 aliphatic carbocycles. The van der Waals surface area contributed by atoms with Crippen molar-refractivity contribution in [2.75, 3.05) is 0 Å². The molecule has 0 fully saturated rings. The van der Waals surface area contributed by atoms with Crippen LogP contribution in [0.1, 0.15) is 0 Å². The molecule has 10 heteroatoms. The molecule has 2 atom stereocenters. The van der Waals surface area contributed by atoms with E-state index in [1.54, 1.807) is 6.07 Å². The Hall–Kier alpha value is 0.320. The predicted molar refractivity (Wildman–Crippen MR) is 52.7 cm³/mol. The summed E-state index contributed by atoms with van der Waals surface area (Å²) in [6.45, 7) is 0. The zero-order valence-electron chi connectivity index (χ0n) is 8.83. The van der Waals surface area contributed by atoms with E-state index in [4.69, 9.17) is 14.9 Å². The molecule has 0 aliphatic rings. The Morgan fingerprint density at radius 1 is 1.18 bits per heavy atom. The van der Waals surface area contributed by atoms with Crippen LogP contribution >= 0.6 is 15.2 Å². The van der Waals surface area contributed by atoms with E-state index >= 15 is 0 Å². The second-order valence-electron chi connectivity index (χ2n) is 2.88. The first kappa shape index (κ1) is 17.3. The van der Waals surface area contributed by atoms with Gasteiger partial charge in [0.2, 0.25) is 13.2 Å². The van der Waals surface area contributed by atoms with E-state index in [0.29, 0.717) is 0 Å². The first-order valence-corrected chi connectivity index (χ1v) is 7.31. The van der Waals surface area contributed by atoms with Crippen LogP contribution in [-0.2, 0) is 9.13 Å². The SMILES string of the molecule is O=P(O)(O)C(O)P(=O)([O-])Oc1ccccc1.[Na+]. The van der Waals surface area contributed by atoms with Crippen LogP contribution in [0.15, 0.2) is 30.3 Å². The molecule has 1 aromatic rings. The zero-order chi connectivity index (χ0) is 12.4. The first-order chi connectivity index (χ1) is 7.23. The van der Waals surface area contributed by atoms with Gasteiger partial charge in [0.25, 0.3) is 0 Å². The quantitative estimate of drug-likeness (QED) is 0.400. The van der Waals surface area contributed by atoms with Gasteiger partial charge in [-0.15, -0.1) is 0 Å². The number of rotatable bonds is 4. The van der Waals surface area contributed by atoms with E-state index in [2.05, 4.69) is 4.52 Å². The topological polar surface area (TPSA) is 127 Å². The van der Waals surface area contributed by atoms with Crippen molar-refractivity contribution >= 4 is 15.2 Å². The molecule has 0 bridgehead atoms. The van der Waals surface area contributed by atoms with E-state index in [1.165, 1.54) is 24.3 Å². The van der Waals surface area contributed by atoms with Crippen molar-refractivity contribution in [2.45, 2.75) is 5.59 Å². The van der Waals surface area contributed by atoms with Crippen LogP contribution in [0, 0.1) is 0 Å². The molecule has 1 rings (SSSR count). The molecule has 17 heavy (non-hydrogen) atoms. The van der Waals surface area contributed by atoms with Gasteiger partial charge in [0.05, 0.1) is 0 Å². The van der Waals surface area contributed by atoms with Gasteiger partial charge in [0.15, 0.2) is 0 Å². The normalized spacial score (nSPS) is 16.5. The van der Waals surface area contributed by atoms with Crippen LogP contribution in [0.5, 0.6) is 5.75 Å². The molecule has 0 amide bonds. The van der Waals surface area contributed by atoms with Crippen LogP contribution in [-0.4, -0.2) is 20.5 Å². The monoisotopic (exact) mass is 290 g/mol. The number of aliphatic hydroxyl groups excluding tert-OH is 1. The molecule has 1 aromatic carbocycles. The molecule has 7 nitrogen and oxygen atoms in total. The largest absolute Gasteiger partial charge is 1.00 e. The number of hydrogen-bond acceptors (Lipinski definition) is 5. The molecule has 0 radical (unpaired) electrons. The van der Waals surface area contributed by atoms with Crippen LogP contribution < -0.4 is 39.0 Å². The van der Waals surface area contributed by atoms with Gasteiger partial charge in [-0.2, -0.15) is 0 Å². The molecule has 90 valence electrons. The third-order valence-corrected chi connectivity index (χ3v) is 4.94. The van der Waals surface area contributed by atoms with Crippen molar-refractivity contribution in [1.29, 1.82) is 0 Å². The van der Waals surface area contributed by atoms with E-state index in [0.717, 1.165) is 0 Å². The second kappa shape index (κ2) is 6.48. The molecule has 0 spiro atoms. The Kier molecular flexibility index (Phi) is 6.60. The van der Waals surface area contributed by atoms with E-state index in [-0.39, 0.29) is 35.3 Å². The smallest absolute Gasteiger partial charge is 0.767 e. The van der Waals surface area contributed by atoms with Gasteiger partial charge in [-0.3, -0.25) is 9.13 Å². The molecular formula is C7H9NaO7P2. The van der Waals surface area contributed by atoms with Crippen molar-refractivity contribution in [3.8, 4) is 5.75 Å². The summed E-state index contributed by atoms with van der Waals surface area (Å²) in [5, 5.41) is 8.91. The van der Waals surface area contributed by atoms with Gasteiger partial charge >= 0.3 is 37.2 Å². The van der Waals surface area contributed by atoms with E-state index < -0.39 is 20.8 Å². The molecule has 3 N–H and O–H groups in total.